The topological polar surface area (TPSA) is 37.3 Å². The largest absolute Gasteiger partial charge is 0.480 e. The van der Waals surface area contributed by atoms with Gasteiger partial charge in [0.2, 0.25) is 0 Å². The van der Waals surface area contributed by atoms with Crippen LogP contribution in [0, 0.1) is 0 Å². The predicted octanol–water partition coefficient (Wildman–Crippen LogP) is 7.50. The summed E-state index contributed by atoms with van der Waals surface area (Å²) in [4.78, 5) is 10.9. The molecule has 0 bridgehead atoms. The lowest BCUT2D eigenvalue weighted by molar-refractivity contribution is -0.136. The molecule has 0 spiro atoms. The minimum atomic E-state index is -0.680. The molecule has 0 aliphatic rings. The van der Waals surface area contributed by atoms with Crippen molar-refractivity contribution in [1.29, 1.82) is 0 Å². The summed E-state index contributed by atoms with van der Waals surface area (Å²) in [5.74, 6) is 0.260. The van der Waals surface area contributed by atoms with Gasteiger partial charge in [-0.2, -0.15) is 0 Å². The molecule has 0 aromatic heterocycles. The van der Waals surface area contributed by atoms with E-state index in [-0.39, 0.29) is 5.25 Å². The van der Waals surface area contributed by atoms with Crippen molar-refractivity contribution in [1.82, 2.24) is 0 Å². The number of rotatable bonds is 17. The van der Waals surface area contributed by atoms with Gasteiger partial charge in [0.1, 0.15) is 5.25 Å². The highest BCUT2D eigenvalue weighted by Gasteiger charge is 2.14. The number of carboxylic acid groups (broad SMARTS) is 1. The highest BCUT2D eigenvalue weighted by atomic mass is 32.2. The highest BCUT2D eigenvalue weighted by molar-refractivity contribution is 8.00. The molecule has 1 atom stereocenters. The fraction of sp³-hybridized carbons (Fsp3) is 0.542. The normalized spacial score (nSPS) is 13.9. The highest BCUT2D eigenvalue weighted by Crippen LogP contribution is 2.17. The second-order valence-electron chi connectivity index (χ2n) is 6.31. The average Bonchev–Trinajstić information content (AvgIpc) is 2.66. The number of hydrogen-bond acceptors (Lipinski definition) is 2. The van der Waals surface area contributed by atoms with Crippen LogP contribution < -0.4 is 0 Å². The van der Waals surface area contributed by atoms with Crippen LogP contribution in [0.1, 0.15) is 71.6 Å². The molecule has 1 unspecified atom stereocenters. The molecule has 0 radical (unpaired) electrons. The third-order valence-corrected chi connectivity index (χ3v) is 5.35. The average molecular weight is 391 g/mol. The molecule has 0 aliphatic heterocycles. The second kappa shape index (κ2) is 20.8. The van der Waals surface area contributed by atoms with E-state index in [0.29, 0.717) is 6.42 Å². The molecule has 0 aromatic carbocycles. The summed E-state index contributed by atoms with van der Waals surface area (Å²) in [5.41, 5.74) is 0. The molecule has 0 heterocycles. The number of carbonyl (C=O) groups is 1. The Morgan fingerprint density at radius 3 is 1.70 bits per heavy atom. The van der Waals surface area contributed by atoms with E-state index in [9.17, 15) is 4.79 Å². The molecule has 0 aromatic rings. The standard InChI is InChI=1S/C24H38O2S/c1-3-5-6-7-8-9-10-11-12-13-14-15-16-17-18-19-20-21-22-27-23(4-2)24(25)26/h5-6,8-9,11-12,14-15,17-18,23H,3-4,7,10,13,16,19-22H2,1-2H3,(H,25,26)/b6-5-,9-8-,12-11?,15-14-,18-17-. The summed E-state index contributed by atoms with van der Waals surface area (Å²) in [6.07, 6.45) is 31.3. The molecule has 2 nitrogen and oxygen atoms in total. The number of thioether (sulfide) groups is 1. The van der Waals surface area contributed by atoms with E-state index < -0.39 is 5.97 Å². The lowest BCUT2D eigenvalue weighted by Gasteiger charge is -2.08. The third-order valence-electron chi connectivity index (χ3n) is 3.89. The van der Waals surface area contributed by atoms with Gasteiger partial charge in [-0.3, -0.25) is 4.79 Å². The van der Waals surface area contributed by atoms with Crippen LogP contribution in [-0.4, -0.2) is 22.1 Å². The van der Waals surface area contributed by atoms with Crippen molar-refractivity contribution < 1.29 is 9.90 Å². The first kappa shape index (κ1) is 25.5. The maximum absolute atomic E-state index is 10.9. The van der Waals surface area contributed by atoms with Gasteiger partial charge in [-0.25, -0.2) is 0 Å². The number of allylic oxidation sites excluding steroid dienone is 10. The van der Waals surface area contributed by atoms with Gasteiger partial charge >= 0.3 is 5.97 Å². The summed E-state index contributed by atoms with van der Waals surface area (Å²) in [6.45, 7) is 4.09. The van der Waals surface area contributed by atoms with Crippen molar-refractivity contribution in [2.75, 3.05) is 5.75 Å². The van der Waals surface area contributed by atoms with Gasteiger partial charge in [-0.1, -0.05) is 74.6 Å². The van der Waals surface area contributed by atoms with E-state index in [1.807, 2.05) is 6.92 Å². The van der Waals surface area contributed by atoms with Gasteiger partial charge in [0, 0.05) is 0 Å². The molecule has 0 saturated carbocycles. The Kier molecular flexibility index (Phi) is 19.7. The zero-order valence-electron chi connectivity index (χ0n) is 17.2. The van der Waals surface area contributed by atoms with E-state index in [1.165, 1.54) is 0 Å². The van der Waals surface area contributed by atoms with Crippen LogP contribution in [0.25, 0.3) is 0 Å². The molecular formula is C24H38O2S. The second-order valence-corrected chi connectivity index (χ2v) is 7.62. The minimum absolute atomic E-state index is 0.237. The van der Waals surface area contributed by atoms with Crippen molar-refractivity contribution in [2.24, 2.45) is 0 Å². The van der Waals surface area contributed by atoms with Crippen LogP contribution in [0.5, 0.6) is 0 Å². The van der Waals surface area contributed by atoms with E-state index in [0.717, 1.165) is 57.1 Å². The Morgan fingerprint density at radius 2 is 1.26 bits per heavy atom. The minimum Gasteiger partial charge on any atom is -0.480 e. The summed E-state index contributed by atoms with van der Waals surface area (Å²) in [7, 11) is 0. The van der Waals surface area contributed by atoms with Crippen LogP contribution in [0.3, 0.4) is 0 Å². The van der Waals surface area contributed by atoms with Gasteiger partial charge in [-0.05, 0) is 63.5 Å². The van der Waals surface area contributed by atoms with Crippen LogP contribution in [0.2, 0.25) is 0 Å². The van der Waals surface area contributed by atoms with Crippen LogP contribution >= 0.6 is 11.8 Å². The third kappa shape index (κ3) is 19.1. The van der Waals surface area contributed by atoms with Gasteiger partial charge in [0.25, 0.3) is 0 Å². The molecule has 27 heavy (non-hydrogen) atoms. The summed E-state index contributed by atoms with van der Waals surface area (Å²) in [5, 5.41) is 8.74. The zero-order chi connectivity index (χ0) is 20.0. The first-order chi connectivity index (χ1) is 13.2. The lowest BCUT2D eigenvalue weighted by Crippen LogP contribution is -2.15. The molecule has 152 valence electrons. The number of hydrogen-bond donors (Lipinski definition) is 1. The van der Waals surface area contributed by atoms with E-state index in [2.05, 4.69) is 67.7 Å². The van der Waals surface area contributed by atoms with Crippen molar-refractivity contribution in [2.45, 2.75) is 76.9 Å². The Balaban J connectivity index is 3.51. The maximum Gasteiger partial charge on any atom is 0.316 e. The first-order valence-electron chi connectivity index (χ1n) is 10.3. The number of carboxylic acids is 1. The van der Waals surface area contributed by atoms with Crippen molar-refractivity contribution >= 4 is 17.7 Å². The fourth-order valence-electron chi connectivity index (χ4n) is 2.32. The van der Waals surface area contributed by atoms with E-state index in [1.54, 1.807) is 11.8 Å². The SMILES string of the molecule is CC/C=C\C/C=C\CC=CC/C=C\C/C=C\CCCCSC(CC)C(=O)O. The van der Waals surface area contributed by atoms with E-state index in [4.69, 9.17) is 5.11 Å². The monoisotopic (exact) mass is 390 g/mol. The van der Waals surface area contributed by atoms with Crippen LogP contribution in [-0.2, 0) is 4.79 Å². The molecule has 0 amide bonds. The number of unbranched alkanes of at least 4 members (excludes halogenated alkanes) is 2. The summed E-state index contributed by atoms with van der Waals surface area (Å²) in [6, 6.07) is 0. The van der Waals surface area contributed by atoms with Crippen LogP contribution in [0.15, 0.2) is 60.8 Å². The summed E-state index contributed by atoms with van der Waals surface area (Å²) >= 11 is 1.57. The van der Waals surface area contributed by atoms with Crippen LogP contribution in [0.4, 0.5) is 0 Å². The Morgan fingerprint density at radius 1 is 0.778 bits per heavy atom. The van der Waals surface area contributed by atoms with Gasteiger partial charge in [0.15, 0.2) is 0 Å². The first-order valence-corrected chi connectivity index (χ1v) is 11.4. The van der Waals surface area contributed by atoms with Crippen molar-refractivity contribution in [3.05, 3.63) is 60.8 Å². The summed E-state index contributed by atoms with van der Waals surface area (Å²) < 4.78 is 0. The predicted molar refractivity (Wildman–Crippen MR) is 122 cm³/mol. The smallest absolute Gasteiger partial charge is 0.316 e. The van der Waals surface area contributed by atoms with Crippen molar-refractivity contribution in [3.63, 3.8) is 0 Å². The zero-order valence-corrected chi connectivity index (χ0v) is 18.0. The Hall–Kier alpha value is -1.48. The Labute approximate surface area is 171 Å². The van der Waals surface area contributed by atoms with E-state index >= 15 is 0 Å². The molecular weight excluding hydrogens is 352 g/mol. The molecule has 0 rings (SSSR count). The molecule has 3 heteroatoms. The maximum atomic E-state index is 10.9. The molecule has 0 aliphatic carbocycles. The van der Waals surface area contributed by atoms with Gasteiger partial charge in [-0.15, -0.1) is 11.8 Å². The quantitative estimate of drug-likeness (QED) is 0.206. The fourth-order valence-corrected chi connectivity index (χ4v) is 3.36. The number of aliphatic carboxylic acids is 1. The molecule has 1 N–H and O–H groups in total. The molecule has 0 fully saturated rings. The van der Waals surface area contributed by atoms with Gasteiger partial charge in [0.05, 0.1) is 0 Å². The van der Waals surface area contributed by atoms with Crippen molar-refractivity contribution in [3.8, 4) is 0 Å². The van der Waals surface area contributed by atoms with Gasteiger partial charge < -0.3 is 5.11 Å². The molecule has 0 saturated heterocycles. The lowest BCUT2D eigenvalue weighted by atomic mass is 10.2. The Bertz CT molecular complexity index is 487.